The van der Waals surface area contributed by atoms with Crippen LogP contribution >= 0.6 is 0 Å². The Bertz CT molecular complexity index is 644. The third-order valence-electron chi connectivity index (χ3n) is 4.00. The number of aryl methyl sites for hydroxylation is 1. The van der Waals surface area contributed by atoms with Crippen LogP contribution < -0.4 is 10.6 Å². The maximum atomic E-state index is 12.1. The SMILES string of the molecule is CC(C)(C)c1ccccc1NC(=O)NCCCCc1ccccc1. The lowest BCUT2D eigenvalue weighted by Crippen LogP contribution is -2.30. The van der Waals surface area contributed by atoms with E-state index in [9.17, 15) is 4.79 Å². The Hall–Kier alpha value is -2.29. The van der Waals surface area contributed by atoms with Gasteiger partial charge in [0.05, 0.1) is 0 Å². The number of anilines is 1. The molecule has 2 amide bonds. The Morgan fingerprint density at radius 3 is 2.29 bits per heavy atom. The molecule has 2 rings (SSSR count). The number of para-hydroxylation sites is 1. The van der Waals surface area contributed by atoms with Gasteiger partial charge in [-0.15, -0.1) is 0 Å². The van der Waals surface area contributed by atoms with E-state index in [1.165, 1.54) is 5.56 Å². The first-order chi connectivity index (χ1) is 11.5. The van der Waals surface area contributed by atoms with Gasteiger partial charge in [0, 0.05) is 12.2 Å². The second-order valence-electron chi connectivity index (χ2n) is 7.12. The predicted molar refractivity (Wildman–Crippen MR) is 102 cm³/mol. The number of hydrogen-bond acceptors (Lipinski definition) is 1. The molecule has 0 fully saturated rings. The van der Waals surface area contributed by atoms with Crippen molar-refractivity contribution >= 4 is 11.7 Å². The monoisotopic (exact) mass is 324 g/mol. The summed E-state index contributed by atoms with van der Waals surface area (Å²) in [6.45, 7) is 7.13. The van der Waals surface area contributed by atoms with Crippen LogP contribution in [0.5, 0.6) is 0 Å². The highest BCUT2D eigenvalue weighted by Crippen LogP contribution is 2.29. The molecule has 0 bridgehead atoms. The molecule has 3 heteroatoms. The number of hydrogen-bond donors (Lipinski definition) is 2. The van der Waals surface area contributed by atoms with Gasteiger partial charge >= 0.3 is 6.03 Å². The molecule has 128 valence electrons. The smallest absolute Gasteiger partial charge is 0.319 e. The summed E-state index contributed by atoms with van der Waals surface area (Å²) in [7, 11) is 0. The van der Waals surface area contributed by atoms with Crippen molar-refractivity contribution in [3.8, 4) is 0 Å². The fourth-order valence-electron chi connectivity index (χ4n) is 2.71. The van der Waals surface area contributed by atoms with Gasteiger partial charge < -0.3 is 10.6 Å². The fraction of sp³-hybridized carbons (Fsp3) is 0.381. The van der Waals surface area contributed by atoms with Crippen molar-refractivity contribution in [1.82, 2.24) is 5.32 Å². The number of urea groups is 1. The van der Waals surface area contributed by atoms with Crippen molar-refractivity contribution in [2.45, 2.75) is 45.4 Å². The normalized spacial score (nSPS) is 11.1. The first-order valence-electron chi connectivity index (χ1n) is 8.65. The first kappa shape index (κ1) is 18.1. The molecule has 0 spiro atoms. The van der Waals surface area contributed by atoms with Crippen LogP contribution in [0, 0.1) is 0 Å². The lowest BCUT2D eigenvalue weighted by atomic mass is 9.86. The van der Waals surface area contributed by atoms with Crippen LogP contribution in [-0.2, 0) is 11.8 Å². The van der Waals surface area contributed by atoms with Crippen LogP contribution in [0.1, 0.15) is 44.7 Å². The van der Waals surface area contributed by atoms with E-state index >= 15 is 0 Å². The van der Waals surface area contributed by atoms with Gasteiger partial charge in [0.2, 0.25) is 0 Å². The Morgan fingerprint density at radius 1 is 0.917 bits per heavy atom. The number of carbonyl (C=O) groups excluding carboxylic acids is 1. The van der Waals surface area contributed by atoms with E-state index in [0.717, 1.165) is 30.5 Å². The van der Waals surface area contributed by atoms with Crippen molar-refractivity contribution in [2.75, 3.05) is 11.9 Å². The number of nitrogens with one attached hydrogen (secondary N) is 2. The summed E-state index contributed by atoms with van der Waals surface area (Å²) < 4.78 is 0. The molecular formula is C21H28N2O. The summed E-state index contributed by atoms with van der Waals surface area (Å²) in [6, 6.07) is 18.3. The van der Waals surface area contributed by atoms with Crippen molar-refractivity contribution in [3.05, 3.63) is 65.7 Å². The molecule has 0 heterocycles. The first-order valence-corrected chi connectivity index (χ1v) is 8.65. The topological polar surface area (TPSA) is 41.1 Å². The summed E-state index contributed by atoms with van der Waals surface area (Å²) in [6.07, 6.45) is 3.10. The standard InChI is InChI=1S/C21H28N2O/c1-21(2,3)18-14-7-8-15-19(18)23-20(24)22-16-10-9-13-17-11-5-4-6-12-17/h4-8,11-12,14-15H,9-10,13,16H2,1-3H3,(H2,22,23,24). The van der Waals surface area contributed by atoms with Crippen LogP contribution in [0.4, 0.5) is 10.5 Å². The molecule has 2 aromatic carbocycles. The van der Waals surface area contributed by atoms with Gasteiger partial charge in [-0.3, -0.25) is 0 Å². The number of rotatable bonds is 6. The van der Waals surface area contributed by atoms with E-state index in [1.54, 1.807) is 0 Å². The van der Waals surface area contributed by atoms with E-state index in [-0.39, 0.29) is 11.4 Å². The average Bonchev–Trinajstić information content (AvgIpc) is 2.55. The quantitative estimate of drug-likeness (QED) is 0.711. The summed E-state index contributed by atoms with van der Waals surface area (Å²) in [5.41, 5.74) is 3.37. The molecule has 0 aromatic heterocycles. The van der Waals surface area contributed by atoms with Gasteiger partial charge in [-0.1, -0.05) is 69.3 Å². The number of unbranched alkanes of at least 4 members (excludes halogenated alkanes) is 1. The minimum absolute atomic E-state index is 0.000440. The van der Waals surface area contributed by atoms with Crippen LogP contribution in [0.2, 0.25) is 0 Å². The van der Waals surface area contributed by atoms with E-state index in [2.05, 4.69) is 61.7 Å². The van der Waals surface area contributed by atoms with Crippen LogP contribution in [0.15, 0.2) is 54.6 Å². The van der Waals surface area contributed by atoms with Crippen LogP contribution in [0.25, 0.3) is 0 Å². The molecule has 0 aliphatic carbocycles. The number of amides is 2. The zero-order valence-corrected chi connectivity index (χ0v) is 14.9. The molecule has 0 aliphatic rings. The van der Waals surface area contributed by atoms with Crippen molar-refractivity contribution in [3.63, 3.8) is 0 Å². The van der Waals surface area contributed by atoms with Gasteiger partial charge in [0.25, 0.3) is 0 Å². The molecule has 3 nitrogen and oxygen atoms in total. The second kappa shape index (κ2) is 8.53. The van der Waals surface area contributed by atoms with Gasteiger partial charge in [0.1, 0.15) is 0 Å². The summed E-state index contributed by atoms with van der Waals surface area (Å²) in [5.74, 6) is 0. The Balaban J connectivity index is 1.74. The van der Waals surface area contributed by atoms with E-state index in [1.807, 2.05) is 24.3 Å². The Labute approximate surface area is 145 Å². The van der Waals surface area contributed by atoms with Crippen LogP contribution in [-0.4, -0.2) is 12.6 Å². The third-order valence-corrected chi connectivity index (χ3v) is 4.00. The van der Waals surface area contributed by atoms with Gasteiger partial charge in [-0.05, 0) is 41.9 Å². The molecule has 24 heavy (non-hydrogen) atoms. The zero-order chi connectivity index (χ0) is 17.4. The highest BCUT2D eigenvalue weighted by atomic mass is 16.2. The lowest BCUT2D eigenvalue weighted by Gasteiger charge is -2.23. The highest BCUT2D eigenvalue weighted by Gasteiger charge is 2.18. The van der Waals surface area contributed by atoms with Crippen molar-refractivity contribution < 1.29 is 4.79 Å². The minimum Gasteiger partial charge on any atom is -0.338 e. The molecule has 0 unspecified atom stereocenters. The minimum atomic E-state index is -0.133. The molecule has 0 saturated heterocycles. The summed E-state index contributed by atoms with van der Waals surface area (Å²) in [4.78, 5) is 12.1. The lowest BCUT2D eigenvalue weighted by molar-refractivity contribution is 0.252. The number of carbonyl (C=O) groups is 1. The second-order valence-corrected chi connectivity index (χ2v) is 7.12. The van der Waals surface area contributed by atoms with Crippen molar-refractivity contribution in [2.24, 2.45) is 0 Å². The maximum Gasteiger partial charge on any atom is 0.319 e. The molecule has 2 aromatic rings. The molecule has 0 aliphatic heterocycles. The Morgan fingerprint density at radius 2 is 1.58 bits per heavy atom. The summed E-state index contributed by atoms with van der Waals surface area (Å²) >= 11 is 0. The van der Waals surface area contributed by atoms with Gasteiger partial charge in [-0.25, -0.2) is 4.79 Å². The average molecular weight is 324 g/mol. The largest absolute Gasteiger partial charge is 0.338 e. The fourth-order valence-corrected chi connectivity index (χ4v) is 2.71. The van der Waals surface area contributed by atoms with E-state index < -0.39 is 0 Å². The van der Waals surface area contributed by atoms with Crippen molar-refractivity contribution in [1.29, 1.82) is 0 Å². The van der Waals surface area contributed by atoms with E-state index in [4.69, 9.17) is 0 Å². The van der Waals surface area contributed by atoms with Crippen LogP contribution in [0.3, 0.4) is 0 Å². The molecular weight excluding hydrogens is 296 g/mol. The van der Waals surface area contributed by atoms with E-state index in [0.29, 0.717) is 6.54 Å². The zero-order valence-electron chi connectivity index (χ0n) is 14.9. The molecule has 0 radical (unpaired) electrons. The summed E-state index contributed by atoms with van der Waals surface area (Å²) in [5, 5.41) is 5.92. The van der Waals surface area contributed by atoms with Gasteiger partial charge in [-0.2, -0.15) is 0 Å². The third kappa shape index (κ3) is 5.73. The maximum absolute atomic E-state index is 12.1. The number of benzene rings is 2. The molecule has 0 saturated carbocycles. The predicted octanol–water partition coefficient (Wildman–Crippen LogP) is 5.13. The highest BCUT2D eigenvalue weighted by molar-refractivity contribution is 5.90. The van der Waals surface area contributed by atoms with Gasteiger partial charge in [0.15, 0.2) is 0 Å². The molecule has 0 atom stereocenters. The Kier molecular flexibility index (Phi) is 6.42. The molecule has 2 N–H and O–H groups in total.